The summed E-state index contributed by atoms with van der Waals surface area (Å²) in [5, 5.41) is 10.1. The van der Waals surface area contributed by atoms with E-state index in [-0.39, 0.29) is 0 Å². The van der Waals surface area contributed by atoms with Crippen molar-refractivity contribution >= 4 is 0 Å². The van der Waals surface area contributed by atoms with Crippen LogP contribution in [-0.2, 0) is 4.74 Å². The molecule has 112 valence electrons. The van der Waals surface area contributed by atoms with Crippen molar-refractivity contribution < 1.29 is 9.84 Å². The fraction of sp³-hybridized carbons (Fsp3) is 1.00. The zero-order chi connectivity index (χ0) is 14.2. The fourth-order valence-electron chi connectivity index (χ4n) is 4.85. The SMILES string of the molecule is COC(O)[C@H]1CC[C@H](C)C2C(C)N(C)CC[C@]2(C)C1. The van der Waals surface area contributed by atoms with Gasteiger partial charge in [-0.05, 0) is 63.5 Å². The van der Waals surface area contributed by atoms with E-state index in [9.17, 15) is 5.11 Å². The summed E-state index contributed by atoms with van der Waals surface area (Å²) >= 11 is 0. The minimum absolute atomic E-state index is 0.304. The van der Waals surface area contributed by atoms with Crippen LogP contribution in [0.5, 0.6) is 0 Å². The van der Waals surface area contributed by atoms with Crippen molar-refractivity contribution in [3.05, 3.63) is 0 Å². The molecule has 3 unspecified atom stereocenters. The van der Waals surface area contributed by atoms with Crippen LogP contribution in [0.3, 0.4) is 0 Å². The molecule has 6 atom stereocenters. The number of aliphatic hydroxyl groups excluding tert-OH is 1. The van der Waals surface area contributed by atoms with Crippen LogP contribution in [0.4, 0.5) is 0 Å². The minimum atomic E-state index is -0.585. The Balaban J connectivity index is 2.23. The van der Waals surface area contributed by atoms with Gasteiger partial charge in [-0.15, -0.1) is 0 Å². The van der Waals surface area contributed by atoms with Gasteiger partial charge >= 0.3 is 0 Å². The number of methoxy groups -OCH3 is 1. The van der Waals surface area contributed by atoms with Crippen LogP contribution in [0.15, 0.2) is 0 Å². The number of rotatable bonds is 2. The zero-order valence-corrected chi connectivity index (χ0v) is 13.2. The number of aliphatic hydroxyl groups is 1. The monoisotopic (exact) mass is 269 g/mol. The lowest BCUT2D eigenvalue weighted by Gasteiger charge is -2.51. The van der Waals surface area contributed by atoms with Crippen LogP contribution in [-0.4, -0.2) is 43.0 Å². The molecule has 2 fully saturated rings. The van der Waals surface area contributed by atoms with E-state index in [4.69, 9.17) is 4.74 Å². The molecule has 0 aromatic carbocycles. The van der Waals surface area contributed by atoms with Gasteiger partial charge in [0.2, 0.25) is 0 Å². The van der Waals surface area contributed by atoms with Gasteiger partial charge in [-0.1, -0.05) is 13.8 Å². The summed E-state index contributed by atoms with van der Waals surface area (Å²) in [4.78, 5) is 2.51. The van der Waals surface area contributed by atoms with E-state index in [0.717, 1.165) is 24.7 Å². The third-order valence-corrected chi connectivity index (χ3v) is 6.03. The number of fused-ring (bicyclic) bond motifs is 1. The van der Waals surface area contributed by atoms with Crippen LogP contribution >= 0.6 is 0 Å². The summed E-state index contributed by atoms with van der Waals surface area (Å²) in [6.45, 7) is 8.40. The van der Waals surface area contributed by atoms with Gasteiger partial charge in [-0.25, -0.2) is 0 Å². The van der Waals surface area contributed by atoms with E-state index < -0.39 is 6.29 Å². The largest absolute Gasteiger partial charge is 0.368 e. The Morgan fingerprint density at radius 1 is 1.32 bits per heavy atom. The van der Waals surface area contributed by atoms with Crippen molar-refractivity contribution in [2.45, 2.75) is 58.8 Å². The van der Waals surface area contributed by atoms with Crippen molar-refractivity contribution in [2.75, 3.05) is 20.7 Å². The number of hydrogen-bond donors (Lipinski definition) is 1. The van der Waals surface area contributed by atoms with Gasteiger partial charge in [0.25, 0.3) is 0 Å². The number of hydrogen-bond acceptors (Lipinski definition) is 3. The smallest absolute Gasteiger partial charge is 0.156 e. The highest BCUT2D eigenvalue weighted by Crippen LogP contribution is 2.52. The first-order valence-electron chi connectivity index (χ1n) is 7.80. The summed E-state index contributed by atoms with van der Waals surface area (Å²) in [6, 6.07) is 0.646. The van der Waals surface area contributed by atoms with Crippen LogP contribution in [0.1, 0.15) is 46.5 Å². The first kappa shape index (κ1) is 15.3. The Labute approximate surface area is 118 Å². The molecule has 0 spiro atoms. The number of ether oxygens (including phenoxy) is 1. The van der Waals surface area contributed by atoms with Gasteiger partial charge in [0, 0.05) is 19.1 Å². The van der Waals surface area contributed by atoms with Gasteiger partial charge in [-0.2, -0.15) is 0 Å². The third-order valence-electron chi connectivity index (χ3n) is 6.03. The highest BCUT2D eigenvalue weighted by atomic mass is 16.6. The first-order valence-corrected chi connectivity index (χ1v) is 7.80. The Morgan fingerprint density at radius 3 is 2.63 bits per heavy atom. The quantitative estimate of drug-likeness (QED) is 0.782. The lowest BCUT2D eigenvalue weighted by Crippen LogP contribution is -2.52. The molecular formula is C16H31NO2. The average molecular weight is 269 g/mol. The van der Waals surface area contributed by atoms with Crippen LogP contribution in [0, 0.1) is 23.2 Å². The maximum Gasteiger partial charge on any atom is 0.156 e. The zero-order valence-electron chi connectivity index (χ0n) is 13.2. The second kappa shape index (κ2) is 5.71. The highest BCUT2D eigenvalue weighted by molar-refractivity contribution is 4.99. The molecule has 1 aliphatic carbocycles. The lowest BCUT2D eigenvalue weighted by atomic mass is 9.62. The van der Waals surface area contributed by atoms with Crippen LogP contribution < -0.4 is 0 Å². The molecule has 0 aromatic heterocycles. The van der Waals surface area contributed by atoms with E-state index >= 15 is 0 Å². The summed E-state index contributed by atoms with van der Waals surface area (Å²) in [5.41, 5.74) is 0.353. The molecule has 1 saturated carbocycles. The molecular weight excluding hydrogens is 238 g/mol. The molecule has 0 bridgehead atoms. The molecule has 1 aliphatic heterocycles. The van der Waals surface area contributed by atoms with Crippen molar-refractivity contribution in [2.24, 2.45) is 23.2 Å². The van der Waals surface area contributed by atoms with E-state index in [0.29, 0.717) is 17.4 Å². The van der Waals surface area contributed by atoms with Crippen molar-refractivity contribution in [1.82, 2.24) is 4.90 Å². The van der Waals surface area contributed by atoms with Crippen LogP contribution in [0.2, 0.25) is 0 Å². The molecule has 19 heavy (non-hydrogen) atoms. The molecule has 3 heteroatoms. The molecule has 3 nitrogen and oxygen atoms in total. The second-order valence-corrected chi connectivity index (χ2v) is 7.30. The number of likely N-dealkylation sites (tertiary alicyclic amines) is 1. The molecule has 2 rings (SSSR count). The van der Waals surface area contributed by atoms with E-state index in [1.807, 2.05) is 0 Å². The molecule has 1 N–H and O–H groups in total. The van der Waals surface area contributed by atoms with Crippen molar-refractivity contribution in [1.29, 1.82) is 0 Å². The molecule has 0 amide bonds. The Bertz CT molecular complexity index is 309. The Morgan fingerprint density at radius 2 is 2.00 bits per heavy atom. The Hall–Kier alpha value is -0.120. The average Bonchev–Trinajstić information content (AvgIpc) is 2.51. The topological polar surface area (TPSA) is 32.7 Å². The van der Waals surface area contributed by atoms with Crippen LogP contribution in [0.25, 0.3) is 0 Å². The van der Waals surface area contributed by atoms with Gasteiger partial charge in [0.1, 0.15) is 0 Å². The van der Waals surface area contributed by atoms with Gasteiger partial charge in [0.15, 0.2) is 6.29 Å². The predicted octanol–water partition coefficient (Wildman–Crippen LogP) is 2.73. The summed E-state index contributed by atoms with van der Waals surface area (Å²) in [6.07, 6.45) is 4.07. The molecule has 1 heterocycles. The maximum absolute atomic E-state index is 10.1. The predicted molar refractivity (Wildman–Crippen MR) is 77.8 cm³/mol. The van der Waals surface area contributed by atoms with E-state index in [2.05, 4.69) is 32.7 Å². The van der Waals surface area contributed by atoms with E-state index in [1.54, 1.807) is 7.11 Å². The number of piperidine rings is 1. The fourth-order valence-corrected chi connectivity index (χ4v) is 4.85. The van der Waals surface area contributed by atoms with Crippen molar-refractivity contribution in [3.8, 4) is 0 Å². The maximum atomic E-state index is 10.1. The van der Waals surface area contributed by atoms with Gasteiger partial charge in [-0.3, -0.25) is 0 Å². The first-order chi connectivity index (χ1) is 8.89. The minimum Gasteiger partial charge on any atom is -0.368 e. The van der Waals surface area contributed by atoms with Gasteiger partial charge in [0.05, 0.1) is 0 Å². The molecule has 2 aliphatic rings. The lowest BCUT2D eigenvalue weighted by molar-refractivity contribution is -0.127. The van der Waals surface area contributed by atoms with Crippen molar-refractivity contribution in [3.63, 3.8) is 0 Å². The second-order valence-electron chi connectivity index (χ2n) is 7.30. The molecule has 0 aromatic rings. The van der Waals surface area contributed by atoms with E-state index in [1.165, 1.54) is 19.4 Å². The van der Waals surface area contributed by atoms with Gasteiger partial charge < -0.3 is 14.7 Å². The highest BCUT2D eigenvalue weighted by Gasteiger charge is 2.48. The third kappa shape index (κ3) is 2.84. The summed E-state index contributed by atoms with van der Waals surface area (Å²) in [7, 11) is 3.87. The molecule has 0 radical (unpaired) electrons. The standard InChI is InChI=1S/C16H31NO2/c1-11-6-7-13(15(18)19-5)10-16(3)8-9-17(4)12(2)14(11)16/h11-15,18H,6-10H2,1-5H3/t11-,12?,13-,14?,15?,16+/m0/s1. The Kier molecular flexibility index (Phi) is 4.59. The summed E-state index contributed by atoms with van der Waals surface area (Å²) in [5.74, 6) is 1.77. The normalized spacial score (nSPS) is 46.4. The summed E-state index contributed by atoms with van der Waals surface area (Å²) < 4.78 is 5.20. The molecule has 1 saturated heterocycles. The number of nitrogens with zero attached hydrogens (tertiary/aromatic N) is 1.